The van der Waals surface area contributed by atoms with Crippen LogP contribution in [0.5, 0.6) is 23.0 Å². The highest BCUT2D eigenvalue weighted by atomic mass is 32.2. The molecule has 198 valence electrons. The summed E-state index contributed by atoms with van der Waals surface area (Å²) in [6, 6.07) is 16.3. The van der Waals surface area contributed by atoms with Crippen LogP contribution in [-0.2, 0) is 27.9 Å². The fraction of sp³-hybridized carbons (Fsp3) is 0.296. The molecule has 2 N–H and O–H groups in total. The lowest BCUT2D eigenvalue weighted by atomic mass is 9.94. The lowest BCUT2D eigenvalue weighted by Gasteiger charge is -2.20. The molecule has 0 heterocycles. The predicted molar refractivity (Wildman–Crippen MR) is 138 cm³/mol. The smallest absolute Gasteiger partial charge is 0.339 e. The number of aliphatic hydroxyl groups excluding tert-OH is 1. The fourth-order valence-electron chi connectivity index (χ4n) is 3.85. The molecule has 0 aliphatic rings. The van der Waals surface area contributed by atoms with E-state index in [1.165, 1.54) is 25.3 Å². The van der Waals surface area contributed by atoms with Gasteiger partial charge in [-0.25, -0.2) is 0 Å². The highest BCUT2D eigenvalue weighted by Gasteiger charge is 2.27. The van der Waals surface area contributed by atoms with Crippen molar-refractivity contribution in [1.29, 1.82) is 0 Å². The molecule has 0 aromatic heterocycles. The first-order valence-electron chi connectivity index (χ1n) is 11.5. The van der Waals surface area contributed by atoms with E-state index in [1.54, 1.807) is 51.5 Å². The minimum Gasteiger partial charge on any atom is -0.493 e. The van der Waals surface area contributed by atoms with Crippen molar-refractivity contribution in [1.82, 2.24) is 5.32 Å². The normalized spacial score (nSPS) is 11.9. The molecular formula is C27H31NO8S. The van der Waals surface area contributed by atoms with Gasteiger partial charge >= 0.3 is 10.1 Å². The Balaban J connectivity index is 1.79. The van der Waals surface area contributed by atoms with Gasteiger partial charge in [-0.2, -0.15) is 8.42 Å². The van der Waals surface area contributed by atoms with Gasteiger partial charge in [-0.3, -0.25) is 4.79 Å². The third-order valence-electron chi connectivity index (χ3n) is 5.88. The average molecular weight is 530 g/mol. The summed E-state index contributed by atoms with van der Waals surface area (Å²) in [5.74, 6) is 0.179. The van der Waals surface area contributed by atoms with Crippen LogP contribution in [0, 0.1) is 0 Å². The third-order valence-corrected chi connectivity index (χ3v) is 7.12. The zero-order valence-corrected chi connectivity index (χ0v) is 22.0. The number of hydrogen-bond donors (Lipinski definition) is 2. The van der Waals surface area contributed by atoms with E-state index in [9.17, 15) is 18.3 Å². The number of hydrogen-bond acceptors (Lipinski definition) is 8. The van der Waals surface area contributed by atoms with Gasteiger partial charge in [-0.15, -0.1) is 0 Å². The van der Waals surface area contributed by atoms with Crippen molar-refractivity contribution in [2.75, 3.05) is 27.9 Å². The van der Waals surface area contributed by atoms with E-state index in [2.05, 4.69) is 5.32 Å². The number of amides is 1. The summed E-state index contributed by atoms with van der Waals surface area (Å²) < 4.78 is 47.0. The van der Waals surface area contributed by atoms with E-state index >= 15 is 0 Å². The third kappa shape index (κ3) is 6.52. The van der Waals surface area contributed by atoms with Crippen molar-refractivity contribution in [3.05, 3.63) is 77.4 Å². The van der Waals surface area contributed by atoms with E-state index in [0.29, 0.717) is 30.0 Å². The Hall–Kier alpha value is -3.76. The number of nitrogens with one attached hydrogen (secondary N) is 1. The number of benzene rings is 3. The van der Waals surface area contributed by atoms with Gasteiger partial charge in [-0.1, -0.05) is 30.3 Å². The second-order valence-electron chi connectivity index (χ2n) is 8.13. The zero-order chi connectivity index (χ0) is 27.0. The maximum absolute atomic E-state index is 13.0. The first-order chi connectivity index (χ1) is 17.7. The van der Waals surface area contributed by atoms with E-state index in [-0.39, 0.29) is 27.9 Å². The van der Waals surface area contributed by atoms with Crippen LogP contribution in [0.1, 0.15) is 29.5 Å². The minimum atomic E-state index is -4.21. The van der Waals surface area contributed by atoms with Crippen LogP contribution in [0.15, 0.2) is 65.6 Å². The monoisotopic (exact) mass is 529 g/mol. The number of ether oxygens (including phenoxy) is 3. The van der Waals surface area contributed by atoms with Crippen molar-refractivity contribution in [3.8, 4) is 23.0 Å². The summed E-state index contributed by atoms with van der Waals surface area (Å²) in [7, 11) is 0.275. The van der Waals surface area contributed by atoms with Gasteiger partial charge in [-0.05, 0) is 54.8 Å². The molecule has 0 aliphatic heterocycles. The number of carbonyl (C=O) groups excluding carboxylic acids is 1. The molecule has 3 aromatic carbocycles. The standard InChI is InChI=1S/C27H31NO8S/c1-18(27(30)28-15-14-19-10-12-23(33-2)25(16-19)35-4)21-11-13-24(34-3)26(22(21)17-29)36-37(31,32)20-8-6-5-7-9-20/h5-13,16,18,29H,14-15,17H2,1-4H3,(H,28,30). The molecule has 10 heteroatoms. The van der Waals surface area contributed by atoms with Crippen LogP contribution in [0.2, 0.25) is 0 Å². The maximum Gasteiger partial charge on any atom is 0.339 e. The Morgan fingerprint density at radius 1 is 0.919 bits per heavy atom. The van der Waals surface area contributed by atoms with Crippen molar-refractivity contribution >= 4 is 16.0 Å². The average Bonchev–Trinajstić information content (AvgIpc) is 2.92. The molecule has 3 aromatic rings. The Labute approximate surface area is 217 Å². The second-order valence-corrected chi connectivity index (χ2v) is 9.67. The van der Waals surface area contributed by atoms with Crippen molar-refractivity contribution in [2.45, 2.75) is 30.8 Å². The Morgan fingerprint density at radius 2 is 1.57 bits per heavy atom. The van der Waals surface area contributed by atoms with E-state index in [0.717, 1.165) is 5.56 Å². The number of rotatable bonds is 12. The highest BCUT2D eigenvalue weighted by Crippen LogP contribution is 2.38. The molecule has 0 bridgehead atoms. The highest BCUT2D eigenvalue weighted by molar-refractivity contribution is 7.87. The summed E-state index contributed by atoms with van der Waals surface area (Å²) in [5, 5.41) is 13.0. The quantitative estimate of drug-likeness (QED) is 0.343. The van der Waals surface area contributed by atoms with Crippen LogP contribution in [-0.4, -0.2) is 47.3 Å². The summed E-state index contributed by atoms with van der Waals surface area (Å²) >= 11 is 0. The molecule has 37 heavy (non-hydrogen) atoms. The lowest BCUT2D eigenvalue weighted by Crippen LogP contribution is -2.30. The molecule has 1 atom stereocenters. The molecule has 0 spiro atoms. The van der Waals surface area contributed by atoms with Crippen molar-refractivity contribution < 1.29 is 36.7 Å². The summed E-state index contributed by atoms with van der Waals surface area (Å²) in [4.78, 5) is 12.9. The Bertz CT molecular complexity index is 1330. The predicted octanol–water partition coefficient (Wildman–Crippen LogP) is 3.43. The van der Waals surface area contributed by atoms with Gasteiger partial charge in [0, 0.05) is 12.1 Å². The zero-order valence-electron chi connectivity index (χ0n) is 21.2. The molecular weight excluding hydrogens is 498 g/mol. The van der Waals surface area contributed by atoms with Gasteiger partial charge in [0.2, 0.25) is 5.91 Å². The molecule has 3 rings (SSSR count). The van der Waals surface area contributed by atoms with Gasteiger partial charge in [0.1, 0.15) is 4.90 Å². The first-order valence-corrected chi connectivity index (χ1v) is 12.9. The van der Waals surface area contributed by atoms with Crippen LogP contribution >= 0.6 is 0 Å². The molecule has 0 saturated carbocycles. The fourth-order valence-corrected chi connectivity index (χ4v) is 4.84. The summed E-state index contributed by atoms with van der Waals surface area (Å²) in [6.45, 7) is 1.46. The van der Waals surface area contributed by atoms with Gasteiger partial charge in [0.25, 0.3) is 0 Å². The van der Waals surface area contributed by atoms with E-state index in [4.69, 9.17) is 18.4 Å². The largest absolute Gasteiger partial charge is 0.493 e. The Kier molecular flexibility index (Phi) is 9.37. The van der Waals surface area contributed by atoms with E-state index < -0.39 is 22.6 Å². The Morgan fingerprint density at radius 3 is 2.19 bits per heavy atom. The van der Waals surface area contributed by atoms with Crippen LogP contribution < -0.4 is 23.7 Å². The first kappa shape index (κ1) is 27.8. The molecule has 0 saturated heterocycles. The molecule has 0 aliphatic carbocycles. The summed E-state index contributed by atoms with van der Waals surface area (Å²) in [6.07, 6.45) is 0.554. The second kappa shape index (κ2) is 12.5. The van der Waals surface area contributed by atoms with Crippen LogP contribution in [0.3, 0.4) is 0 Å². The van der Waals surface area contributed by atoms with Crippen molar-refractivity contribution in [2.24, 2.45) is 0 Å². The SMILES string of the molecule is COc1ccc(CCNC(=O)C(C)c2ccc(OC)c(OS(=O)(=O)c3ccccc3)c2CO)cc1OC. The number of aliphatic hydroxyl groups is 1. The van der Waals surface area contributed by atoms with Crippen LogP contribution in [0.4, 0.5) is 0 Å². The topological polar surface area (TPSA) is 120 Å². The lowest BCUT2D eigenvalue weighted by molar-refractivity contribution is -0.122. The minimum absolute atomic E-state index is 0.0488. The van der Waals surface area contributed by atoms with Crippen molar-refractivity contribution in [3.63, 3.8) is 0 Å². The molecule has 0 radical (unpaired) electrons. The van der Waals surface area contributed by atoms with Gasteiger partial charge < -0.3 is 28.8 Å². The molecule has 9 nitrogen and oxygen atoms in total. The number of carbonyl (C=O) groups is 1. The van der Waals surface area contributed by atoms with Gasteiger partial charge in [0.15, 0.2) is 23.0 Å². The molecule has 1 amide bonds. The van der Waals surface area contributed by atoms with Crippen LogP contribution in [0.25, 0.3) is 0 Å². The number of methoxy groups -OCH3 is 3. The molecule has 1 unspecified atom stereocenters. The molecule has 0 fully saturated rings. The van der Waals surface area contributed by atoms with Gasteiger partial charge in [0.05, 0.1) is 33.9 Å². The van der Waals surface area contributed by atoms with E-state index in [1.807, 2.05) is 12.1 Å². The maximum atomic E-state index is 13.0. The summed E-state index contributed by atoms with van der Waals surface area (Å²) in [5.41, 5.74) is 1.53.